The van der Waals surface area contributed by atoms with Crippen LogP contribution in [0, 0.1) is 11.7 Å². The largest absolute Gasteiger partial charge is 0.391 e. The minimum atomic E-state index is -0.508. The third kappa shape index (κ3) is 2.74. The number of aliphatic hydroxyl groups excluding tert-OH is 1. The Labute approximate surface area is 128 Å². The Morgan fingerprint density at radius 1 is 1.36 bits per heavy atom. The number of β-amino-alcohol motifs (C(OH)–C–C–N with tert-alkyl or cyclic N) is 1. The maximum atomic E-state index is 13.7. The van der Waals surface area contributed by atoms with Gasteiger partial charge in [0.15, 0.2) is 5.69 Å². The summed E-state index contributed by atoms with van der Waals surface area (Å²) in [6.45, 7) is 2.88. The number of amides is 1. The molecular weight excluding hydrogens is 285 g/mol. The molecule has 6 heteroatoms. The van der Waals surface area contributed by atoms with Crippen LogP contribution < -0.4 is 0 Å². The number of hydrogen-bond acceptors (Lipinski definition) is 3. The highest BCUT2D eigenvalue weighted by Gasteiger charge is 2.28. The van der Waals surface area contributed by atoms with Crippen molar-refractivity contribution in [1.29, 1.82) is 0 Å². The van der Waals surface area contributed by atoms with Gasteiger partial charge in [0.2, 0.25) is 0 Å². The molecule has 0 spiro atoms. The van der Waals surface area contributed by atoms with Gasteiger partial charge in [-0.25, -0.2) is 9.07 Å². The van der Waals surface area contributed by atoms with Crippen molar-refractivity contribution >= 4 is 5.91 Å². The van der Waals surface area contributed by atoms with E-state index in [2.05, 4.69) is 5.10 Å². The summed E-state index contributed by atoms with van der Waals surface area (Å²) in [6, 6.07) is 7.83. The number of hydrogen-bond donors (Lipinski definition) is 1. The van der Waals surface area contributed by atoms with Crippen molar-refractivity contribution < 1.29 is 14.3 Å². The van der Waals surface area contributed by atoms with Gasteiger partial charge in [-0.1, -0.05) is 19.1 Å². The SMILES string of the molecule is CC1CCN(C(=O)c2ccn(-c3ccccc3F)n2)CC1O. The monoisotopic (exact) mass is 303 g/mol. The molecular formula is C16H18FN3O2. The van der Waals surface area contributed by atoms with Crippen LogP contribution in [0.2, 0.25) is 0 Å². The molecule has 1 N–H and O–H groups in total. The van der Waals surface area contributed by atoms with E-state index in [-0.39, 0.29) is 17.5 Å². The van der Waals surface area contributed by atoms with Gasteiger partial charge in [-0.2, -0.15) is 5.10 Å². The minimum Gasteiger partial charge on any atom is -0.391 e. The van der Waals surface area contributed by atoms with Gasteiger partial charge in [-0.15, -0.1) is 0 Å². The number of likely N-dealkylation sites (tertiary alicyclic amines) is 1. The fraction of sp³-hybridized carbons (Fsp3) is 0.375. The van der Waals surface area contributed by atoms with Crippen molar-refractivity contribution in [2.75, 3.05) is 13.1 Å². The van der Waals surface area contributed by atoms with E-state index in [1.54, 1.807) is 35.4 Å². The summed E-state index contributed by atoms with van der Waals surface area (Å²) >= 11 is 0. The first kappa shape index (κ1) is 14.7. The summed E-state index contributed by atoms with van der Waals surface area (Å²) in [6.07, 6.45) is 1.82. The van der Waals surface area contributed by atoms with E-state index in [1.807, 2.05) is 6.92 Å². The molecule has 116 valence electrons. The zero-order chi connectivity index (χ0) is 15.7. The van der Waals surface area contributed by atoms with E-state index >= 15 is 0 Å². The first-order valence-corrected chi connectivity index (χ1v) is 7.34. The topological polar surface area (TPSA) is 58.4 Å². The number of aliphatic hydroxyl groups is 1. The lowest BCUT2D eigenvalue weighted by molar-refractivity contribution is 0.0245. The standard InChI is InChI=1S/C16H18FN3O2/c1-11-6-8-19(10-15(11)21)16(22)13-7-9-20(18-13)14-5-3-2-4-12(14)17/h2-5,7,9,11,15,21H,6,8,10H2,1H3. The molecule has 2 heterocycles. The number of piperidine rings is 1. The van der Waals surface area contributed by atoms with Crippen molar-refractivity contribution in [1.82, 2.24) is 14.7 Å². The number of rotatable bonds is 2. The van der Waals surface area contributed by atoms with Crippen molar-refractivity contribution in [2.24, 2.45) is 5.92 Å². The molecule has 0 aliphatic carbocycles. The number of benzene rings is 1. The Kier molecular flexibility index (Phi) is 3.94. The highest BCUT2D eigenvalue weighted by molar-refractivity contribution is 5.92. The fourth-order valence-corrected chi connectivity index (χ4v) is 2.61. The Bertz CT molecular complexity index is 686. The summed E-state index contributed by atoms with van der Waals surface area (Å²) in [7, 11) is 0. The molecule has 0 radical (unpaired) electrons. The molecule has 1 aliphatic rings. The molecule has 1 aromatic carbocycles. The van der Waals surface area contributed by atoms with Crippen molar-refractivity contribution in [2.45, 2.75) is 19.4 Å². The average molecular weight is 303 g/mol. The molecule has 1 amide bonds. The molecule has 2 aromatic rings. The average Bonchev–Trinajstić information content (AvgIpc) is 2.99. The van der Waals surface area contributed by atoms with Crippen LogP contribution in [0.5, 0.6) is 0 Å². The smallest absolute Gasteiger partial charge is 0.274 e. The Hall–Kier alpha value is -2.21. The van der Waals surface area contributed by atoms with Crippen molar-refractivity contribution in [3.8, 4) is 5.69 Å². The molecule has 3 rings (SSSR count). The van der Waals surface area contributed by atoms with Gasteiger partial charge in [0.05, 0.1) is 6.10 Å². The fourth-order valence-electron chi connectivity index (χ4n) is 2.61. The Balaban J connectivity index is 1.79. The predicted molar refractivity (Wildman–Crippen MR) is 79.2 cm³/mol. The van der Waals surface area contributed by atoms with Gasteiger partial charge in [0, 0.05) is 19.3 Å². The highest BCUT2D eigenvalue weighted by Crippen LogP contribution is 2.19. The second kappa shape index (κ2) is 5.88. The summed E-state index contributed by atoms with van der Waals surface area (Å²) in [5.41, 5.74) is 0.554. The lowest BCUT2D eigenvalue weighted by Crippen LogP contribution is -2.45. The number of aromatic nitrogens is 2. The minimum absolute atomic E-state index is 0.194. The lowest BCUT2D eigenvalue weighted by atomic mass is 9.96. The van der Waals surface area contributed by atoms with Gasteiger partial charge in [-0.3, -0.25) is 4.79 Å². The van der Waals surface area contributed by atoms with E-state index < -0.39 is 11.9 Å². The van der Waals surface area contributed by atoms with Crippen LogP contribution in [-0.2, 0) is 0 Å². The molecule has 1 saturated heterocycles. The van der Waals surface area contributed by atoms with Gasteiger partial charge in [-0.05, 0) is 30.5 Å². The van der Waals surface area contributed by atoms with E-state index in [0.717, 1.165) is 6.42 Å². The summed E-state index contributed by atoms with van der Waals surface area (Å²) < 4.78 is 15.1. The van der Waals surface area contributed by atoms with Crippen LogP contribution in [0.15, 0.2) is 36.5 Å². The third-order valence-electron chi connectivity index (χ3n) is 4.11. The van der Waals surface area contributed by atoms with E-state index in [0.29, 0.717) is 18.8 Å². The van der Waals surface area contributed by atoms with Crippen LogP contribution >= 0.6 is 0 Å². The summed E-state index contributed by atoms with van der Waals surface area (Å²) in [5, 5.41) is 14.1. The Morgan fingerprint density at radius 2 is 2.14 bits per heavy atom. The number of nitrogens with zero attached hydrogens (tertiary/aromatic N) is 3. The van der Waals surface area contributed by atoms with E-state index in [4.69, 9.17) is 0 Å². The van der Waals surface area contributed by atoms with Gasteiger partial charge in [0.25, 0.3) is 5.91 Å². The quantitative estimate of drug-likeness (QED) is 0.921. The predicted octanol–water partition coefficient (Wildman–Crippen LogP) is 1.85. The molecule has 1 fully saturated rings. The molecule has 0 bridgehead atoms. The zero-order valence-corrected chi connectivity index (χ0v) is 12.3. The molecule has 22 heavy (non-hydrogen) atoms. The summed E-state index contributed by atoms with van der Waals surface area (Å²) in [5.74, 6) is -0.437. The van der Waals surface area contributed by atoms with E-state index in [9.17, 15) is 14.3 Å². The second-order valence-electron chi connectivity index (χ2n) is 5.68. The molecule has 2 unspecified atom stereocenters. The van der Waals surface area contributed by atoms with Crippen LogP contribution in [0.4, 0.5) is 4.39 Å². The molecule has 0 saturated carbocycles. The maximum Gasteiger partial charge on any atom is 0.274 e. The number of para-hydroxylation sites is 1. The normalized spacial score (nSPS) is 21.9. The number of carbonyl (C=O) groups is 1. The molecule has 5 nitrogen and oxygen atoms in total. The van der Waals surface area contributed by atoms with Crippen molar-refractivity contribution in [3.05, 3.63) is 48.0 Å². The van der Waals surface area contributed by atoms with Crippen LogP contribution in [-0.4, -0.2) is 44.9 Å². The van der Waals surface area contributed by atoms with E-state index in [1.165, 1.54) is 10.7 Å². The molecule has 1 aliphatic heterocycles. The highest BCUT2D eigenvalue weighted by atomic mass is 19.1. The molecule has 2 atom stereocenters. The lowest BCUT2D eigenvalue weighted by Gasteiger charge is -2.33. The van der Waals surface area contributed by atoms with Crippen molar-refractivity contribution in [3.63, 3.8) is 0 Å². The second-order valence-corrected chi connectivity index (χ2v) is 5.68. The number of carbonyl (C=O) groups excluding carboxylic acids is 1. The first-order chi connectivity index (χ1) is 10.6. The summed E-state index contributed by atoms with van der Waals surface area (Å²) in [4.78, 5) is 14.0. The maximum absolute atomic E-state index is 13.7. The van der Waals surface area contributed by atoms with Crippen LogP contribution in [0.1, 0.15) is 23.8 Å². The van der Waals surface area contributed by atoms with Crippen LogP contribution in [0.3, 0.4) is 0 Å². The van der Waals surface area contributed by atoms with Gasteiger partial charge < -0.3 is 10.0 Å². The number of halogens is 1. The van der Waals surface area contributed by atoms with Gasteiger partial charge >= 0.3 is 0 Å². The van der Waals surface area contributed by atoms with Gasteiger partial charge in [0.1, 0.15) is 11.5 Å². The first-order valence-electron chi connectivity index (χ1n) is 7.34. The zero-order valence-electron chi connectivity index (χ0n) is 12.3. The third-order valence-corrected chi connectivity index (χ3v) is 4.11. The molecule has 1 aromatic heterocycles. The Morgan fingerprint density at radius 3 is 2.86 bits per heavy atom. The van der Waals surface area contributed by atoms with Crippen LogP contribution in [0.25, 0.3) is 5.69 Å².